The standard InChI is InChI=1S/C23H37N3O6/c1-6-7-12-24-20(29)19(17-11-9-8-10-16(17)2)26(13-14-27)21(30)18(15-28)25-22(31)32-23(3,4)5/h8-11,18-19,27-28H,6-7,12-15H2,1-5H3,(H,24,29)(H,25,31). The molecule has 0 saturated carbocycles. The topological polar surface area (TPSA) is 128 Å². The third kappa shape index (κ3) is 8.47. The maximum Gasteiger partial charge on any atom is 0.408 e. The second-order valence-corrected chi connectivity index (χ2v) is 8.54. The number of nitrogens with one attached hydrogen (secondary N) is 2. The fraction of sp³-hybridized carbons (Fsp3) is 0.609. The highest BCUT2D eigenvalue weighted by atomic mass is 16.6. The minimum Gasteiger partial charge on any atom is -0.444 e. The SMILES string of the molecule is CCCCNC(=O)C(c1ccccc1C)N(CCO)C(=O)C(CO)NC(=O)OC(C)(C)C. The zero-order valence-electron chi connectivity index (χ0n) is 19.7. The Labute approximate surface area is 190 Å². The molecule has 0 saturated heterocycles. The van der Waals surface area contributed by atoms with Crippen LogP contribution in [0.1, 0.15) is 57.7 Å². The van der Waals surface area contributed by atoms with Gasteiger partial charge in [0.1, 0.15) is 17.7 Å². The van der Waals surface area contributed by atoms with Gasteiger partial charge >= 0.3 is 6.09 Å². The van der Waals surface area contributed by atoms with Crippen molar-refractivity contribution in [1.82, 2.24) is 15.5 Å². The monoisotopic (exact) mass is 451 g/mol. The van der Waals surface area contributed by atoms with E-state index in [0.717, 1.165) is 18.4 Å². The average Bonchev–Trinajstić information content (AvgIpc) is 2.71. The summed E-state index contributed by atoms with van der Waals surface area (Å²) in [5.41, 5.74) is 0.595. The van der Waals surface area contributed by atoms with Gasteiger partial charge in [0.2, 0.25) is 11.8 Å². The van der Waals surface area contributed by atoms with Crippen molar-refractivity contribution in [3.05, 3.63) is 35.4 Å². The van der Waals surface area contributed by atoms with E-state index in [-0.39, 0.29) is 6.54 Å². The number of carbonyl (C=O) groups excluding carboxylic acids is 3. The predicted molar refractivity (Wildman–Crippen MR) is 121 cm³/mol. The molecule has 2 atom stereocenters. The van der Waals surface area contributed by atoms with Crippen LogP contribution in [-0.4, -0.2) is 71.0 Å². The van der Waals surface area contributed by atoms with Gasteiger partial charge in [-0.05, 0) is 45.2 Å². The van der Waals surface area contributed by atoms with Gasteiger partial charge in [0.15, 0.2) is 0 Å². The van der Waals surface area contributed by atoms with Crippen LogP contribution in [0.15, 0.2) is 24.3 Å². The molecule has 0 aliphatic heterocycles. The zero-order valence-corrected chi connectivity index (χ0v) is 19.7. The lowest BCUT2D eigenvalue weighted by Crippen LogP contribution is -2.55. The molecule has 0 bridgehead atoms. The number of aryl methyl sites for hydroxylation is 1. The summed E-state index contributed by atoms with van der Waals surface area (Å²) in [6.07, 6.45) is 0.800. The number of benzene rings is 1. The van der Waals surface area contributed by atoms with Crippen LogP contribution in [0.5, 0.6) is 0 Å². The van der Waals surface area contributed by atoms with E-state index >= 15 is 0 Å². The highest BCUT2D eigenvalue weighted by molar-refractivity contribution is 5.92. The van der Waals surface area contributed by atoms with Crippen molar-refractivity contribution in [2.24, 2.45) is 0 Å². The van der Waals surface area contributed by atoms with E-state index in [0.29, 0.717) is 12.1 Å². The van der Waals surface area contributed by atoms with Crippen molar-refractivity contribution in [2.45, 2.75) is 65.1 Å². The normalized spacial score (nSPS) is 13.1. The van der Waals surface area contributed by atoms with Crippen molar-refractivity contribution in [3.63, 3.8) is 0 Å². The van der Waals surface area contributed by atoms with Crippen LogP contribution >= 0.6 is 0 Å². The predicted octanol–water partition coefficient (Wildman–Crippen LogP) is 1.66. The molecule has 0 spiro atoms. The molecule has 1 rings (SSSR count). The van der Waals surface area contributed by atoms with E-state index in [9.17, 15) is 24.6 Å². The van der Waals surface area contributed by atoms with Crippen LogP contribution in [0.4, 0.5) is 4.79 Å². The van der Waals surface area contributed by atoms with E-state index in [1.165, 1.54) is 4.90 Å². The van der Waals surface area contributed by atoms with E-state index in [1.807, 2.05) is 26.0 Å². The minimum atomic E-state index is -1.34. The number of amides is 3. The summed E-state index contributed by atoms with van der Waals surface area (Å²) in [5, 5.41) is 24.6. The Kier molecular flexibility index (Phi) is 11.1. The molecular formula is C23H37N3O6. The summed E-state index contributed by atoms with van der Waals surface area (Å²) < 4.78 is 5.18. The summed E-state index contributed by atoms with van der Waals surface area (Å²) in [6, 6.07) is 4.77. The van der Waals surface area contributed by atoms with Crippen LogP contribution < -0.4 is 10.6 Å². The lowest BCUT2D eigenvalue weighted by molar-refractivity contribution is -0.143. The highest BCUT2D eigenvalue weighted by Crippen LogP contribution is 2.25. The number of aliphatic hydroxyl groups is 2. The number of unbranched alkanes of at least 4 members (excludes halogenated alkanes) is 1. The van der Waals surface area contributed by atoms with Crippen LogP contribution in [-0.2, 0) is 14.3 Å². The molecule has 0 aliphatic carbocycles. The lowest BCUT2D eigenvalue weighted by atomic mass is 9.98. The van der Waals surface area contributed by atoms with Gasteiger partial charge < -0.3 is 30.5 Å². The molecule has 9 nitrogen and oxygen atoms in total. The summed E-state index contributed by atoms with van der Waals surface area (Å²) in [5.74, 6) is -1.10. The first-order valence-electron chi connectivity index (χ1n) is 10.9. The molecular weight excluding hydrogens is 414 g/mol. The Morgan fingerprint density at radius 1 is 1.16 bits per heavy atom. The number of alkyl carbamates (subject to hydrolysis) is 1. The minimum absolute atomic E-state index is 0.161. The number of hydrogen-bond donors (Lipinski definition) is 4. The van der Waals surface area contributed by atoms with Crippen molar-refractivity contribution in [2.75, 3.05) is 26.3 Å². The average molecular weight is 452 g/mol. The molecule has 0 aliphatic rings. The van der Waals surface area contributed by atoms with Gasteiger partial charge in [0, 0.05) is 13.1 Å². The van der Waals surface area contributed by atoms with E-state index in [4.69, 9.17) is 4.74 Å². The molecule has 180 valence electrons. The molecule has 4 N–H and O–H groups in total. The first kappa shape index (κ1) is 27.4. The molecule has 32 heavy (non-hydrogen) atoms. The molecule has 1 aromatic rings. The largest absolute Gasteiger partial charge is 0.444 e. The molecule has 1 aromatic carbocycles. The van der Waals surface area contributed by atoms with Crippen molar-refractivity contribution in [3.8, 4) is 0 Å². The molecule has 0 fully saturated rings. The quantitative estimate of drug-likeness (QED) is 0.379. The number of ether oxygens (including phenoxy) is 1. The lowest BCUT2D eigenvalue weighted by Gasteiger charge is -2.34. The van der Waals surface area contributed by atoms with Gasteiger partial charge in [0.25, 0.3) is 0 Å². The maximum atomic E-state index is 13.3. The Morgan fingerprint density at radius 3 is 2.34 bits per heavy atom. The van der Waals surface area contributed by atoms with Gasteiger partial charge in [-0.25, -0.2) is 4.79 Å². The second kappa shape index (κ2) is 13.0. The smallest absolute Gasteiger partial charge is 0.408 e. The molecule has 0 aromatic heterocycles. The van der Waals surface area contributed by atoms with Crippen molar-refractivity contribution < 1.29 is 29.3 Å². The Morgan fingerprint density at radius 2 is 1.81 bits per heavy atom. The maximum absolute atomic E-state index is 13.3. The number of carbonyl (C=O) groups is 3. The molecule has 9 heteroatoms. The molecule has 0 radical (unpaired) electrons. The molecule has 0 heterocycles. The number of rotatable bonds is 11. The Hall–Kier alpha value is -2.65. The van der Waals surface area contributed by atoms with Gasteiger partial charge in [-0.15, -0.1) is 0 Å². The Balaban J connectivity index is 3.27. The van der Waals surface area contributed by atoms with Crippen molar-refractivity contribution in [1.29, 1.82) is 0 Å². The van der Waals surface area contributed by atoms with E-state index < -0.39 is 48.8 Å². The third-order valence-corrected chi connectivity index (χ3v) is 4.67. The summed E-state index contributed by atoms with van der Waals surface area (Å²) >= 11 is 0. The molecule has 3 amide bonds. The van der Waals surface area contributed by atoms with Gasteiger partial charge in [-0.3, -0.25) is 9.59 Å². The molecule has 2 unspecified atom stereocenters. The number of hydrogen-bond acceptors (Lipinski definition) is 6. The second-order valence-electron chi connectivity index (χ2n) is 8.54. The van der Waals surface area contributed by atoms with Crippen LogP contribution in [0.2, 0.25) is 0 Å². The van der Waals surface area contributed by atoms with Crippen LogP contribution in [0, 0.1) is 6.92 Å². The fourth-order valence-electron chi connectivity index (χ4n) is 3.14. The highest BCUT2D eigenvalue weighted by Gasteiger charge is 2.36. The van der Waals surface area contributed by atoms with Gasteiger partial charge in [-0.2, -0.15) is 0 Å². The summed E-state index contributed by atoms with van der Waals surface area (Å²) in [4.78, 5) is 39.8. The summed E-state index contributed by atoms with van der Waals surface area (Å²) in [7, 11) is 0. The Bertz CT molecular complexity index is 762. The van der Waals surface area contributed by atoms with E-state index in [2.05, 4.69) is 10.6 Å². The fourth-order valence-corrected chi connectivity index (χ4v) is 3.14. The van der Waals surface area contributed by atoms with Crippen molar-refractivity contribution >= 4 is 17.9 Å². The van der Waals surface area contributed by atoms with Gasteiger partial charge in [-0.1, -0.05) is 37.6 Å². The zero-order chi connectivity index (χ0) is 24.3. The van der Waals surface area contributed by atoms with Crippen LogP contribution in [0.25, 0.3) is 0 Å². The number of nitrogens with zero attached hydrogens (tertiary/aromatic N) is 1. The first-order valence-corrected chi connectivity index (χ1v) is 10.9. The number of aliphatic hydroxyl groups excluding tert-OH is 2. The summed E-state index contributed by atoms with van der Waals surface area (Å²) in [6.45, 7) is 8.04. The van der Waals surface area contributed by atoms with E-state index in [1.54, 1.807) is 32.9 Å². The third-order valence-electron chi connectivity index (χ3n) is 4.67. The van der Waals surface area contributed by atoms with Crippen LogP contribution in [0.3, 0.4) is 0 Å². The van der Waals surface area contributed by atoms with Gasteiger partial charge in [0.05, 0.1) is 13.2 Å². The first-order chi connectivity index (χ1) is 15.1.